The second-order valence-corrected chi connectivity index (χ2v) is 4.84. The molecule has 1 aromatic rings. The summed E-state index contributed by atoms with van der Waals surface area (Å²) in [7, 11) is 0. The number of carbonyl (C=O) groups is 1. The summed E-state index contributed by atoms with van der Waals surface area (Å²) in [4.78, 5) is 10.6. The van der Waals surface area contributed by atoms with Crippen molar-refractivity contribution >= 4 is 6.29 Å². The van der Waals surface area contributed by atoms with Crippen molar-refractivity contribution in [3.05, 3.63) is 35.4 Å². The molecule has 0 aliphatic carbocycles. The van der Waals surface area contributed by atoms with Crippen molar-refractivity contribution in [3.8, 4) is 0 Å². The molecule has 1 atom stereocenters. The minimum Gasteiger partial charge on any atom is -0.350 e. The van der Waals surface area contributed by atoms with Crippen LogP contribution in [0.3, 0.4) is 0 Å². The molecule has 1 aliphatic heterocycles. The smallest absolute Gasteiger partial charge is 0.163 e. The normalized spacial score (nSPS) is 23.3. The molecule has 0 spiro atoms. The number of hydrogen-bond donors (Lipinski definition) is 0. The number of hydrogen-bond acceptors (Lipinski definition) is 3. The van der Waals surface area contributed by atoms with Crippen LogP contribution >= 0.6 is 0 Å². The Bertz CT molecular complexity index is 381. The van der Waals surface area contributed by atoms with Crippen LogP contribution in [0.4, 0.5) is 0 Å². The van der Waals surface area contributed by atoms with Crippen LogP contribution in [0.15, 0.2) is 24.3 Å². The summed E-state index contributed by atoms with van der Waals surface area (Å²) in [6.07, 6.45) is 2.84. The third-order valence-corrected chi connectivity index (χ3v) is 2.92. The maximum atomic E-state index is 10.6. The van der Waals surface area contributed by atoms with Crippen molar-refractivity contribution in [2.75, 3.05) is 6.61 Å². The lowest BCUT2D eigenvalue weighted by Gasteiger charge is -2.36. The highest BCUT2D eigenvalue weighted by Gasteiger charge is 2.29. The van der Waals surface area contributed by atoms with E-state index >= 15 is 0 Å². The van der Waals surface area contributed by atoms with Gasteiger partial charge in [0.2, 0.25) is 0 Å². The van der Waals surface area contributed by atoms with Crippen LogP contribution in [0.5, 0.6) is 0 Å². The molecule has 0 amide bonds. The summed E-state index contributed by atoms with van der Waals surface area (Å²) >= 11 is 0. The zero-order valence-corrected chi connectivity index (χ0v) is 10.3. The summed E-state index contributed by atoms with van der Waals surface area (Å²) in [6, 6.07) is 7.64. The van der Waals surface area contributed by atoms with E-state index in [0.29, 0.717) is 5.56 Å². The van der Waals surface area contributed by atoms with Crippen molar-refractivity contribution in [3.63, 3.8) is 0 Å². The van der Waals surface area contributed by atoms with Gasteiger partial charge in [0, 0.05) is 5.56 Å². The van der Waals surface area contributed by atoms with E-state index in [2.05, 4.69) is 0 Å². The first-order chi connectivity index (χ1) is 8.09. The average Bonchev–Trinajstić information content (AvgIpc) is 2.29. The van der Waals surface area contributed by atoms with Crippen molar-refractivity contribution in [1.82, 2.24) is 0 Å². The van der Waals surface area contributed by atoms with Crippen molar-refractivity contribution < 1.29 is 14.3 Å². The molecule has 0 saturated carbocycles. The molecule has 1 aromatic carbocycles. The Kier molecular flexibility index (Phi) is 3.60. The fourth-order valence-electron chi connectivity index (χ4n) is 2.07. The van der Waals surface area contributed by atoms with Crippen LogP contribution < -0.4 is 0 Å². The summed E-state index contributed by atoms with van der Waals surface area (Å²) in [5.74, 6) is -0.481. The van der Waals surface area contributed by atoms with E-state index in [1.165, 1.54) is 5.56 Å². The van der Waals surface area contributed by atoms with Gasteiger partial charge < -0.3 is 9.47 Å². The molecule has 1 unspecified atom stereocenters. The minimum atomic E-state index is -0.481. The Balaban J connectivity index is 1.97. The summed E-state index contributed by atoms with van der Waals surface area (Å²) in [5, 5.41) is 0. The van der Waals surface area contributed by atoms with Gasteiger partial charge in [0.15, 0.2) is 5.79 Å². The van der Waals surface area contributed by atoms with Crippen LogP contribution in [0.25, 0.3) is 0 Å². The third-order valence-electron chi connectivity index (χ3n) is 2.92. The Morgan fingerprint density at radius 1 is 1.35 bits per heavy atom. The standard InChI is InChI=1S/C14H18O3/c1-14(2)16-8-7-13(17-14)9-11-3-5-12(10-15)6-4-11/h3-6,10,13H,7-9H2,1-2H3. The molecule has 0 aromatic heterocycles. The monoisotopic (exact) mass is 234 g/mol. The topological polar surface area (TPSA) is 35.5 Å². The van der Waals surface area contributed by atoms with Gasteiger partial charge in [-0.25, -0.2) is 0 Å². The molecule has 0 radical (unpaired) electrons. The average molecular weight is 234 g/mol. The Morgan fingerprint density at radius 2 is 2.06 bits per heavy atom. The number of ether oxygens (including phenoxy) is 2. The Morgan fingerprint density at radius 3 is 2.65 bits per heavy atom. The lowest BCUT2D eigenvalue weighted by Crippen LogP contribution is -2.40. The van der Waals surface area contributed by atoms with Gasteiger partial charge in [0.1, 0.15) is 6.29 Å². The number of benzene rings is 1. The summed E-state index contributed by atoms with van der Waals surface area (Å²) in [6.45, 7) is 4.62. The molecule has 3 nitrogen and oxygen atoms in total. The van der Waals surface area contributed by atoms with Gasteiger partial charge in [-0.15, -0.1) is 0 Å². The molecule has 2 rings (SSSR count). The molecular weight excluding hydrogens is 216 g/mol. The van der Waals surface area contributed by atoms with E-state index in [0.717, 1.165) is 25.7 Å². The summed E-state index contributed by atoms with van der Waals surface area (Å²) in [5.41, 5.74) is 1.90. The Hall–Kier alpha value is -1.19. The van der Waals surface area contributed by atoms with E-state index in [4.69, 9.17) is 9.47 Å². The van der Waals surface area contributed by atoms with Crippen molar-refractivity contribution in [2.24, 2.45) is 0 Å². The Labute approximate surface area is 102 Å². The van der Waals surface area contributed by atoms with E-state index in [1.807, 2.05) is 38.1 Å². The van der Waals surface area contributed by atoms with Gasteiger partial charge in [-0.3, -0.25) is 4.79 Å². The predicted molar refractivity (Wildman–Crippen MR) is 65.1 cm³/mol. The van der Waals surface area contributed by atoms with Crippen LogP contribution in [-0.4, -0.2) is 24.8 Å². The molecule has 3 heteroatoms. The van der Waals surface area contributed by atoms with E-state index in [1.54, 1.807) is 0 Å². The van der Waals surface area contributed by atoms with Crippen LogP contribution in [-0.2, 0) is 15.9 Å². The SMILES string of the molecule is CC1(C)OCCC(Cc2ccc(C=O)cc2)O1. The van der Waals surface area contributed by atoms with Gasteiger partial charge in [-0.1, -0.05) is 24.3 Å². The molecule has 0 N–H and O–H groups in total. The first-order valence-electron chi connectivity index (χ1n) is 5.95. The van der Waals surface area contributed by atoms with Crippen LogP contribution in [0.1, 0.15) is 36.2 Å². The zero-order chi connectivity index (χ0) is 12.3. The largest absolute Gasteiger partial charge is 0.350 e. The van der Waals surface area contributed by atoms with E-state index < -0.39 is 5.79 Å². The third kappa shape index (κ3) is 3.38. The summed E-state index contributed by atoms with van der Waals surface area (Å²) < 4.78 is 11.3. The van der Waals surface area contributed by atoms with Gasteiger partial charge in [0.25, 0.3) is 0 Å². The second kappa shape index (κ2) is 4.98. The van der Waals surface area contributed by atoms with Crippen molar-refractivity contribution in [1.29, 1.82) is 0 Å². The molecule has 1 heterocycles. The minimum absolute atomic E-state index is 0.195. The maximum Gasteiger partial charge on any atom is 0.163 e. The first-order valence-corrected chi connectivity index (χ1v) is 5.95. The maximum absolute atomic E-state index is 10.6. The van der Waals surface area contributed by atoms with Gasteiger partial charge in [-0.05, 0) is 32.3 Å². The molecule has 1 saturated heterocycles. The first kappa shape index (κ1) is 12.3. The van der Waals surface area contributed by atoms with Gasteiger partial charge >= 0.3 is 0 Å². The van der Waals surface area contributed by atoms with Crippen LogP contribution in [0, 0.1) is 0 Å². The molecular formula is C14H18O3. The fourth-order valence-corrected chi connectivity index (χ4v) is 2.07. The lowest BCUT2D eigenvalue weighted by atomic mass is 10.0. The highest BCUT2D eigenvalue weighted by atomic mass is 16.7. The van der Waals surface area contributed by atoms with Crippen LogP contribution in [0.2, 0.25) is 0 Å². The molecule has 0 bridgehead atoms. The molecule has 1 fully saturated rings. The van der Waals surface area contributed by atoms with E-state index in [9.17, 15) is 4.79 Å². The van der Waals surface area contributed by atoms with Crippen molar-refractivity contribution in [2.45, 2.75) is 38.6 Å². The second-order valence-electron chi connectivity index (χ2n) is 4.84. The highest BCUT2D eigenvalue weighted by Crippen LogP contribution is 2.24. The quantitative estimate of drug-likeness (QED) is 0.754. The lowest BCUT2D eigenvalue weighted by molar-refractivity contribution is -0.272. The van der Waals surface area contributed by atoms with Gasteiger partial charge in [-0.2, -0.15) is 0 Å². The van der Waals surface area contributed by atoms with Gasteiger partial charge in [0.05, 0.1) is 12.7 Å². The molecule has 92 valence electrons. The highest BCUT2D eigenvalue weighted by molar-refractivity contribution is 5.74. The molecule has 1 aliphatic rings. The predicted octanol–water partition coefficient (Wildman–Crippen LogP) is 2.58. The fraction of sp³-hybridized carbons (Fsp3) is 0.500. The molecule has 17 heavy (non-hydrogen) atoms. The number of carbonyl (C=O) groups excluding carboxylic acids is 1. The zero-order valence-electron chi connectivity index (χ0n) is 10.3. The number of aldehydes is 1. The number of rotatable bonds is 3. The van der Waals surface area contributed by atoms with E-state index in [-0.39, 0.29) is 6.10 Å².